The maximum Gasteiger partial charge on any atom is 0.335 e. The number of hydrogen-bond donors (Lipinski definition) is 4. The Morgan fingerprint density at radius 1 is 0.959 bits per heavy atom. The first-order chi connectivity index (χ1) is 23.4. The van der Waals surface area contributed by atoms with E-state index in [1.165, 1.54) is 40.7 Å². The van der Waals surface area contributed by atoms with E-state index in [1.807, 2.05) is 38.1 Å². The Labute approximate surface area is 290 Å². The van der Waals surface area contributed by atoms with Crippen LogP contribution in [-0.4, -0.2) is 40.1 Å². The first-order valence-corrected chi connectivity index (χ1v) is 16.7. The van der Waals surface area contributed by atoms with E-state index in [1.54, 1.807) is 13.0 Å². The number of fused-ring (bicyclic) bond motifs is 1. The van der Waals surface area contributed by atoms with Crippen molar-refractivity contribution >= 4 is 28.9 Å². The smallest absolute Gasteiger partial charge is 0.335 e. The molecule has 1 unspecified atom stereocenters. The van der Waals surface area contributed by atoms with Crippen molar-refractivity contribution in [3.63, 3.8) is 0 Å². The quantitative estimate of drug-likeness (QED) is 0.157. The number of nitrogens with zero attached hydrogens (tertiary/aromatic N) is 2. The van der Waals surface area contributed by atoms with Crippen LogP contribution >= 0.6 is 0 Å². The molecule has 49 heavy (non-hydrogen) atoms. The second-order valence-corrected chi connectivity index (χ2v) is 12.4. The second kappa shape index (κ2) is 15.6. The highest BCUT2D eigenvalue weighted by atomic mass is 16.4. The third kappa shape index (κ3) is 7.81. The number of anilines is 2. The number of rotatable bonds is 9. The first kappa shape index (κ1) is 36.3. The monoisotopic (exact) mass is 660 g/mol. The van der Waals surface area contributed by atoms with Gasteiger partial charge in [-0.3, -0.25) is 0 Å². The first-order valence-electron chi connectivity index (χ1n) is 16.7. The zero-order valence-corrected chi connectivity index (χ0v) is 29.3. The zero-order valence-electron chi connectivity index (χ0n) is 29.3. The maximum atomic E-state index is 12.1. The summed E-state index contributed by atoms with van der Waals surface area (Å²) >= 11 is 0. The Hall–Kier alpha value is -5.50. The van der Waals surface area contributed by atoms with Gasteiger partial charge in [-0.2, -0.15) is 0 Å². The Kier molecular flexibility index (Phi) is 11.6. The molecule has 0 amide bonds. The highest BCUT2D eigenvalue weighted by Gasteiger charge is 2.38. The number of para-hydroxylation sites is 1. The summed E-state index contributed by atoms with van der Waals surface area (Å²) in [6.45, 7) is 10.2. The van der Waals surface area contributed by atoms with E-state index < -0.39 is 11.9 Å². The molecular weight excluding hydrogens is 612 g/mol. The van der Waals surface area contributed by atoms with Crippen LogP contribution in [0.25, 0.3) is 5.57 Å². The Balaban J connectivity index is 0.00000265. The number of carboxylic acid groups (broad SMARTS) is 2. The lowest BCUT2D eigenvalue weighted by molar-refractivity contribution is -0.133. The molecular formula is C41H48N4O4. The minimum atomic E-state index is -1.16. The maximum absolute atomic E-state index is 12.1. The fourth-order valence-corrected chi connectivity index (χ4v) is 6.37. The summed E-state index contributed by atoms with van der Waals surface area (Å²) in [7, 11) is 1.95. The minimum absolute atomic E-state index is 0.0275. The van der Waals surface area contributed by atoms with E-state index in [2.05, 4.69) is 85.5 Å². The average molecular weight is 661 g/mol. The molecule has 2 aromatic rings. The summed E-state index contributed by atoms with van der Waals surface area (Å²) < 4.78 is 0. The van der Waals surface area contributed by atoms with Crippen molar-refractivity contribution in [2.45, 2.75) is 65.3 Å². The van der Waals surface area contributed by atoms with Crippen LogP contribution in [0.4, 0.5) is 11.4 Å². The SMILES string of the molecule is CC.C\C=C(/C=C(N)/C(N)=C/C(=C\CC1C=C(c2ccc3c(c2)C(C)(C)C2=C(CCC=C2)N3c2ccccc2)C=CN1C)C(=O)O)C(=O)O. The van der Waals surface area contributed by atoms with Gasteiger partial charge in [0.25, 0.3) is 0 Å². The lowest BCUT2D eigenvalue weighted by Gasteiger charge is -2.44. The molecule has 0 spiro atoms. The second-order valence-electron chi connectivity index (χ2n) is 12.4. The van der Waals surface area contributed by atoms with Crippen molar-refractivity contribution in [1.82, 2.24) is 4.90 Å². The Morgan fingerprint density at radius 2 is 1.61 bits per heavy atom. The molecule has 3 aliphatic rings. The van der Waals surface area contributed by atoms with E-state index in [-0.39, 0.29) is 34.0 Å². The average Bonchev–Trinajstić information content (AvgIpc) is 3.10. The van der Waals surface area contributed by atoms with Gasteiger partial charge in [-0.05, 0) is 97.2 Å². The van der Waals surface area contributed by atoms with Crippen LogP contribution in [0.3, 0.4) is 0 Å². The molecule has 0 saturated carbocycles. The van der Waals surface area contributed by atoms with Crippen LogP contribution in [0.2, 0.25) is 0 Å². The topological polar surface area (TPSA) is 133 Å². The zero-order chi connectivity index (χ0) is 35.9. The number of nitrogens with two attached hydrogens (primary N) is 2. The van der Waals surface area contributed by atoms with Crippen molar-refractivity contribution < 1.29 is 19.8 Å². The molecule has 2 heterocycles. The van der Waals surface area contributed by atoms with Gasteiger partial charge in [0.05, 0.1) is 28.6 Å². The number of carbonyl (C=O) groups is 2. The van der Waals surface area contributed by atoms with Crippen LogP contribution in [0.5, 0.6) is 0 Å². The van der Waals surface area contributed by atoms with Gasteiger partial charge in [-0.25, -0.2) is 9.59 Å². The number of allylic oxidation sites excluding steroid dienone is 7. The third-order valence-electron chi connectivity index (χ3n) is 9.07. The van der Waals surface area contributed by atoms with E-state index >= 15 is 0 Å². The lowest BCUT2D eigenvalue weighted by Crippen LogP contribution is -2.35. The molecule has 2 aliphatic heterocycles. The highest BCUT2D eigenvalue weighted by molar-refractivity contribution is 5.91. The van der Waals surface area contributed by atoms with E-state index in [4.69, 9.17) is 11.5 Å². The summed E-state index contributed by atoms with van der Waals surface area (Å²) in [6.07, 6.45) is 18.7. The van der Waals surface area contributed by atoms with Crippen LogP contribution < -0.4 is 16.4 Å². The molecule has 0 radical (unpaired) electrons. The minimum Gasteiger partial charge on any atom is -0.478 e. The molecule has 2 aromatic carbocycles. The van der Waals surface area contributed by atoms with Crippen molar-refractivity contribution in [2.24, 2.45) is 11.5 Å². The summed E-state index contributed by atoms with van der Waals surface area (Å²) in [4.78, 5) is 27.9. The normalized spacial score (nSPS) is 19.1. The molecule has 8 heteroatoms. The van der Waals surface area contributed by atoms with Crippen LogP contribution in [0.15, 0.2) is 137 Å². The van der Waals surface area contributed by atoms with Gasteiger partial charge in [0, 0.05) is 29.5 Å². The van der Waals surface area contributed by atoms with E-state index in [0.29, 0.717) is 6.42 Å². The fourth-order valence-electron chi connectivity index (χ4n) is 6.37. The number of benzene rings is 2. The fraction of sp³-hybridized carbons (Fsp3) is 0.268. The van der Waals surface area contributed by atoms with Crippen molar-refractivity contribution in [3.8, 4) is 0 Å². The number of aliphatic carboxylic acids is 2. The molecule has 0 bridgehead atoms. The van der Waals surface area contributed by atoms with Gasteiger partial charge in [-0.1, -0.05) is 82.3 Å². The molecule has 5 rings (SSSR count). The lowest BCUT2D eigenvalue weighted by atomic mass is 9.70. The van der Waals surface area contributed by atoms with Crippen LogP contribution in [0, 0.1) is 0 Å². The summed E-state index contributed by atoms with van der Waals surface area (Å²) in [5.74, 6) is -2.31. The van der Waals surface area contributed by atoms with E-state index in [0.717, 1.165) is 29.7 Å². The summed E-state index contributed by atoms with van der Waals surface area (Å²) in [5, 5.41) is 19.2. The standard InChI is InChI=1S/C39H42N4O4.C2H6/c1-5-25(37(44)45)23-33(40)34(41)24-28(38(46)47)15-17-30-21-27(19-20-42(30)4)26-16-18-36-32(22-26)39(2,3)31-13-9-10-14-35(31)43(36)29-11-7-6-8-12-29;1-2/h5-9,11-13,15-16,18-24,30H,10,14,17,40-41H2,1-4H3,(H,44,45)(H,46,47);1-2H3/b25-5+,28-15+,33-23-,34-24-;. The molecule has 1 atom stereocenters. The molecule has 1 aliphatic carbocycles. The van der Waals surface area contributed by atoms with Crippen LogP contribution in [-0.2, 0) is 15.0 Å². The highest BCUT2D eigenvalue weighted by Crippen LogP contribution is 2.51. The van der Waals surface area contributed by atoms with Gasteiger partial charge in [0.1, 0.15) is 0 Å². The van der Waals surface area contributed by atoms with Gasteiger partial charge in [-0.15, -0.1) is 0 Å². The number of carboxylic acids is 2. The van der Waals surface area contributed by atoms with Gasteiger partial charge < -0.3 is 31.5 Å². The van der Waals surface area contributed by atoms with Gasteiger partial charge in [0.2, 0.25) is 0 Å². The number of likely N-dealkylation sites (N-methyl/N-ethyl adjacent to an activating group) is 1. The largest absolute Gasteiger partial charge is 0.478 e. The third-order valence-corrected chi connectivity index (χ3v) is 9.07. The van der Waals surface area contributed by atoms with Gasteiger partial charge in [0.15, 0.2) is 0 Å². The van der Waals surface area contributed by atoms with E-state index in [9.17, 15) is 19.8 Å². The predicted molar refractivity (Wildman–Crippen MR) is 200 cm³/mol. The molecule has 0 aromatic heterocycles. The molecule has 6 N–H and O–H groups in total. The van der Waals surface area contributed by atoms with Crippen molar-refractivity contribution in [3.05, 3.63) is 148 Å². The number of hydrogen-bond acceptors (Lipinski definition) is 6. The van der Waals surface area contributed by atoms with Crippen molar-refractivity contribution in [2.75, 3.05) is 11.9 Å². The Bertz CT molecular complexity index is 1840. The Morgan fingerprint density at radius 3 is 2.24 bits per heavy atom. The summed E-state index contributed by atoms with van der Waals surface area (Å²) in [6, 6.07) is 17.1. The molecule has 256 valence electrons. The molecule has 8 nitrogen and oxygen atoms in total. The molecule has 0 fully saturated rings. The van der Waals surface area contributed by atoms with Crippen LogP contribution in [0.1, 0.15) is 65.0 Å². The summed E-state index contributed by atoms with van der Waals surface area (Å²) in [5.41, 5.74) is 20.1. The van der Waals surface area contributed by atoms with Gasteiger partial charge >= 0.3 is 11.9 Å². The van der Waals surface area contributed by atoms with Crippen molar-refractivity contribution in [1.29, 1.82) is 0 Å². The molecule has 0 saturated heterocycles. The predicted octanol–water partition coefficient (Wildman–Crippen LogP) is 8.07.